The smallest absolute Gasteiger partial charge is 0.128 e. The van der Waals surface area contributed by atoms with Crippen molar-refractivity contribution < 1.29 is 0 Å². The van der Waals surface area contributed by atoms with E-state index in [0.29, 0.717) is 12.4 Å². The Morgan fingerprint density at radius 2 is 1.84 bits per heavy atom. The van der Waals surface area contributed by atoms with E-state index < -0.39 is 0 Å². The third-order valence-electron chi connectivity index (χ3n) is 3.09. The van der Waals surface area contributed by atoms with Crippen molar-refractivity contribution in [3.8, 4) is 0 Å². The van der Waals surface area contributed by atoms with Crippen molar-refractivity contribution in [3.05, 3.63) is 60.6 Å². The Labute approximate surface area is 111 Å². The number of pyridine rings is 2. The average molecular weight is 250 g/mol. The van der Waals surface area contributed by atoms with Crippen LogP contribution in [0.2, 0.25) is 0 Å². The lowest BCUT2D eigenvalue weighted by Crippen LogP contribution is -2.05. The number of rotatable bonds is 3. The Balaban J connectivity index is 1.94. The van der Waals surface area contributed by atoms with Crippen molar-refractivity contribution >= 4 is 22.3 Å². The summed E-state index contributed by atoms with van der Waals surface area (Å²) < 4.78 is 0. The van der Waals surface area contributed by atoms with E-state index in [1.165, 1.54) is 0 Å². The maximum Gasteiger partial charge on any atom is 0.128 e. The summed E-state index contributed by atoms with van der Waals surface area (Å²) in [5, 5.41) is 5.57. The number of nitrogens with two attached hydrogens (primary N) is 1. The number of aromatic nitrogens is 2. The lowest BCUT2D eigenvalue weighted by atomic mass is 10.1. The number of nitrogens with zero attached hydrogens (tertiary/aromatic N) is 2. The Morgan fingerprint density at radius 1 is 1.05 bits per heavy atom. The Morgan fingerprint density at radius 3 is 2.68 bits per heavy atom. The maximum absolute atomic E-state index is 5.99. The largest absolute Gasteiger partial charge is 0.383 e. The normalized spacial score (nSPS) is 10.5. The summed E-state index contributed by atoms with van der Waals surface area (Å²) in [5.41, 5.74) is 8.03. The highest BCUT2D eigenvalue weighted by molar-refractivity contribution is 5.88. The lowest BCUT2D eigenvalue weighted by molar-refractivity contribution is 1.14. The third kappa shape index (κ3) is 2.33. The zero-order valence-electron chi connectivity index (χ0n) is 10.4. The highest BCUT2D eigenvalue weighted by Crippen LogP contribution is 2.22. The topological polar surface area (TPSA) is 63.8 Å². The number of hydrogen-bond donors (Lipinski definition) is 2. The molecule has 0 amide bonds. The number of nitrogens with one attached hydrogen (secondary N) is 1. The zero-order valence-corrected chi connectivity index (χ0v) is 10.4. The molecule has 3 rings (SSSR count). The first-order valence-corrected chi connectivity index (χ1v) is 6.10. The first-order chi connectivity index (χ1) is 9.34. The van der Waals surface area contributed by atoms with Gasteiger partial charge in [0, 0.05) is 41.8 Å². The molecule has 94 valence electrons. The van der Waals surface area contributed by atoms with Crippen molar-refractivity contribution in [1.29, 1.82) is 0 Å². The van der Waals surface area contributed by atoms with Gasteiger partial charge in [-0.05, 0) is 17.5 Å². The summed E-state index contributed by atoms with van der Waals surface area (Å²) in [6.07, 6.45) is 5.32. The van der Waals surface area contributed by atoms with Crippen LogP contribution < -0.4 is 11.1 Å². The van der Waals surface area contributed by atoms with Crippen molar-refractivity contribution in [2.75, 3.05) is 11.1 Å². The molecule has 0 unspecified atom stereocenters. The molecular formula is C15H14N4. The minimum absolute atomic E-state index is 0.570. The molecule has 0 fully saturated rings. The number of hydrogen-bond acceptors (Lipinski definition) is 4. The SMILES string of the molecule is Nc1ncc2ccccc2c1CNc1ccncc1. The molecule has 0 atom stereocenters. The summed E-state index contributed by atoms with van der Waals surface area (Å²) in [6.45, 7) is 0.643. The highest BCUT2D eigenvalue weighted by atomic mass is 14.9. The van der Waals surface area contributed by atoms with Gasteiger partial charge in [-0.25, -0.2) is 4.98 Å². The van der Waals surface area contributed by atoms with Gasteiger partial charge in [0.2, 0.25) is 0 Å². The number of fused-ring (bicyclic) bond motifs is 1. The zero-order chi connectivity index (χ0) is 13.1. The van der Waals surface area contributed by atoms with E-state index in [0.717, 1.165) is 22.0 Å². The Kier molecular flexibility index (Phi) is 2.98. The minimum atomic E-state index is 0.570. The van der Waals surface area contributed by atoms with Crippen LogP contribution in [0.15, 0.2) is 55.0 Å². The predicted molar refractivity (Wildman–Crippen MR) is 77.7 cm³/mol. The molecule has 3 N–H and O–H groups in total. The van der Waals surface area contributed by atoms with E-state index >= 15 is 0 Å². The van der Waals surface area contributed by atoms with Crippen molar-refractivity contribution in [3.63, 3.8) is 0 Å². The highest BCUT2D eigenvalue weighted by Gasteiger charge is 2.06. The van der Waals surface area contributed by atoms with E-state index in [9.17, 15) is 0 Å². The molecule has 2 aromatic heterocycles. The Bertz CT molecular complexity index is 695. The molecular weight excluding hydrogens is 236 g/mol. The quantitative estimate of drug-likeness (QED) is 0.750. The van der Waals surface area contributed by atoms with Crippen LogP contribution in [0.1, 0.15) is 5.56 Å². The fraction of sp³-hybridized carbons (Fsp3) is 0.0667. The third-order valence-corrected chi connectivity index (χ3v) is 3.09. The van der Waals surface area contributed by atoms with E-state index in [1.807, 2.05) is 30.3 Å². The van der Waals surface area contributed by atoms with Gasteiger partial charge in [0.05, 0.1) is 0 Å². The van der Waals surface area contributed by atoms with Gasteiger partial charge in [-0.1, -0.05) is 24.3 Å². The van der Waals surface area contributed by atoms with Crippen LogP contribution in [-0.4, -0.2) is 9.97 Å². The van der Waals surface area contributed by atoms with Crippen LogP contribution in [-0.2, 0) is 6.54 Å². The predicted octanol–water partition coefficient (Wildman–Crippen LogP) is 2.82. The molecule has 0 aliphatic rings. The molecule has 1 aromatic carbocycles. The second-order valence-electron chi connectivity index (χ2n) is 4.30. The van der Waals surface area contributed by atoms with Crippen molar-refractivity contribution in [2.45, 2.75) is 6.54 Å². The summed E-state index contributed by atoms with van der Waals surface area (Å²) >= 11 is 0. The molecule has 19 heavy (non-hydrogen) atoms. The van der Waals surface area contributed by atoms with Gasteiger partial charge in [-0.2, -0.15) is 0 Å². The van der Waals surface area contributed by atoms with Gasteiger partial charge >= 0.3 is 0 Å². The molecule has 0 bridgehead atoms. The molecule has 3 aromatic rings. The van der Waals surface area contributed by atoms with Gasteiger partial charge in [-0.15, -0.1) is 0 Å². The summed E-state index contributed by atoms with van der Waals surface area (Å²) in [4.78, 5) is 8.24. The van der Waals surface area contributed by atoms with Crippen LogP contribution in [0.3, 0.4) is 0 Å². The first kappa shape index (κ1) is 11.5. The maximum atomic E-state index is 5.99. The monoisotopic (exact) mass is 250 g/mol. The van der Waals surface area contributed by atoms with Crippen molar-refractivity contribution in [2.24, 2.45) is 0 Å². The molecule has 0 saturated carbocycles. The van der Waals surface area contributed by atoms with Crippen LogP contribution >= 0.6 is 0 Å². The summed E-state index contributed by atoms with van der Waals surface area (Å²) in [5.74, 6) is 0.570. The fourth-order valence-electron chi connectivity index (χ4n) is 2.09. The van der Waals surface area contributed by atoms with Crippen LogP contribution in [0.25, 0.3) is 10.8 Å². The fourth-order valence-corrected chi connectivity index (χ4v) is 2.09. The summed E-state index contributed by atoms with van der Waals surface area (Å²) in [6, 6.07) is 12.0. The molecule has 0 aliphatic carbocycles. The molecule has 4 heteroatoms. The molecule has 0 aliphatic heterocycles. The second-order valence-corrected chi connectivity index (χ2v) is 4.30. The first-order valence-electron chi connectivity index (χ1n) is 6.10. The molecule has 2 heterocycles. The van der Waals surface area contributed by atoms with Gasteiger partial charge in [0.15, 0.2) is 0 Å². The van der Waals surface area contributed by atoms with Crippen molar-refractivity contribution in [1.82, 2.24) is 9.97 Å². The van der Waals surface area contributed by atoms with Gasteiger partial charge in [-0.3, -0.25) is 4.98 Å². The van der Waals surface area contributed by atoms with Crippen LogP contribution in [0, 0.1) is 0 Å². The van der Waals surface area contributed by atoms with E-state index in [1.54, 1.807) is 18.6 Å². The minimum Gasteiger partial charge on any atom is -0.383 e. The number of nitrogen functional groups attached to an aromatic ring is 1. The lowest BCUT2D eigenvalue weighted by Gasteiger charge is -2.11. The molecule has 4 nitrogen and oxygen atoms in total. The second kappa shape index (κ2) is 4.94. The van der Waals surface area contributed by atoms with Gasteiger partial charge < -0.3 is 11.1 Å². The average Bonchev–Trinajstić information content (AvgIpc) is 2.47. The van der Waals surface area contributed by atoms with Crippen LogP contribution in [0.4, 0.5) is 11.5 Å². The Hall–Kier alpha value is -2.62. The van der Waals surface area contributed by atoms with E-state index in [-0.39, 0.29) is 0 Å². The molecule has 0 radical (unpaired) electrons. The molecule has 0 spiro atoms. The molecule has 0 saturated heterocycles. The standard InChI is InChI=1S/C15H14N4/c16-15-14(10-18-12-5-7-17-8-6-12)13-4-2-1-3-11(13)9-19-15/h1-9H,10H2,(H2,16,19)(H,17,18). The number of anilines is 2. The summed E-state index contributed by atoms with van der Waals surface area (Å²) in [7, 11) is 0. The van der Waals surface area contributed by atoms with Gasteiger partial charge in [0.25, 0.3) is 0 Å². The van der Waals surface area contributed by atoms with Gasteiger partial charge in [0.1, 0.15) is 5.82 Å². The number of benzene rings is 1. The van der Waals surface area contributed by atoms with E-state index in [4.69, 9.17) is 5.73 Å². The van der Waals surface area contributed by atoms with E-state index in [2.05, 4.69) is 21.4 Å². The van der Waals surface area contributed by atoms with Crippen LogP contribution in [0.5, 0.6) is 0 Å².